The lowest BCUT2D eigenvalue weighted by Crippen LogP contribution is -2.72. The number of carbonyl (C=O) groups is 2. The van der Waals surface area contributed by atoms with Crippen molar-refractivity contribution in [2.24, 2.45) is 11.3 Å². The van der Waals surface area contributed by atoms with Crippen molar-refractivity contribution >= 4 is 12.3 Å². The van der Waals surface area contributed by atoms with Gasteiger partial charge in [-0.3, -0.25) is 4.79 Å². The second-order valence-corrected chi connectivity index (χ2v) is 6.07. The van der Waals surface area contributed by atoms with Gasteiger partial charge in [0.1, 0.15) is 5.60 Å². The molecule has 5 heteroatoms. The Morgan fingerprint density at radius 3 is 3.00 bits per heavy atom. The third kappa shape index (κ3) is 1.61. The molecule has 106 valence electrons. The fourth-order valence-corrected chi connectivity index (χ4v) is 4.22. The predicted molar refractivity (Wildman–Crippen MR) is 65.2 cm³/mol. The van der Waals surface area contributed by atoms with Crippen LogP contribution in [0.3, 0.4) is 0 Å². The maximum atomic E-state index is 11.7. The third-order valence-corrected chi connectivity index (χ3v) is 5.41. The Hall–Kier alpha value is -0.940. The van der Waals surface area contributed by atoms with Crippen molar-refractivity contribution in [3.05, 3.63) is 0 Å². The number of hydrogen-bond donors (Lipinski definition) is 0. The minimum atomic E-state index is -0.782. The number of aldehydes is 1. The van der Waals surface area contributed by atoms with Gasteiger partial charge in [-0.25, -0.2) is 0 Å². The molecule has 1 aliphatic carbocycles. The summed E-state index contributed by atoms with van der Waals surface area (Å²) in [6.45, 7) is 2.04. The van der Waals surface area contributed by atoms with Gasteiger partial charge in [0.25, 0.3) is 0 Å². The zero-order valence-electron chi connectivity index (χ0n) is 11.4. The lowest BCUT2D eigenvalue weighted by Gasteiger charge is -2.65. The van der Waals surface area contributed by atoms with E-state index in [9.17, 15) is 9.59 Å². The van der Waals surface area contributed by atoms with Crippen LogP contribution in [0.1, 0.15) is 39.0 Å². The van der Waals surface area contributed by atoms with Crippen LogP contribution in [0.25, 0.3) is 0 Å². The summed E-state index contributed by atoms with van der Waals surface area (Å²) in [4.78, 5) is 23.3. The number of fused-ring (bicyclic) bond motifs is 1. The summed E-state index contributed by atoms with van der Waals surface area (Å²) >= 11 is 0. The van der Waals surface area contributed by atoms with Crippen molar-refractivity contribution < 1.29 is 23.8 Å². The van der Waals surface area contributed by atoms with Gasteiger partial charge in [-0.15, -0.1) is 0 Å². The Balaban J connectivity index is 1.96. The number of carbonyl (C=O) groups excluding carboxylic acids is 2. The highest BCUT2D eigenvalue weighted by Gasteiger charge is 2.67. The Morgan fingerprint density at radius 1 is 1.53 bits per heavy atom. The first-order valence-corrected chi connectivity index (χ1v) is 6.92. The molecule has 0 radical (unpaired) electrons. The van der Waals surface area contributed by atoms with Gasteiger partial charge < -0.3 is 19.0 Å². The molecule has 4 fully saturated rings. The lowest BCUT2D eigenvalue weighted by molar-refractivity contribution is -0.388. The molecule has 0 spiro atoms. The molecule has 0 aromatic carbocycles. The van der Waals surface area contributed by atoms with E-state index in [-0.39, 0.29) is 24.3 Å². The summed E-state index contributed by atoms with van der Waals surface area (Å²) in [6, 6.07) is 0. The number of rotatable bonds is 3. The average Bonchev–Trinajstić information content (AvgIpc) is 2.38. The summed E-state index contributed by atoms with van der Waals surface area (Å²) in [5, 5.41) is 0. The number of hydrogen-bond acceptors (Lipinski definition) is 5. The Bertz CT molecular complexity index is 409. The fraction of sp³-hybridized carbons (Fsp3) is 0.857. The quantitative estimate of drug-likeness (QED) is 0.572. The van der Waals surface area contributed by atoms with Crippen LogP contribution in [0.4, 0.5) is 0 Å². The van der Waals surface area contributed by atoms with Gasteiger partial charge in [0, 0.05) is 18.3 Å². The van der Waals surface area contributed by atoms with Crippen molar-refractivity contribution in [3.63, 3.8) is 0 Å². The second-order valence-electron chi connectivity index (χ2n) is 6.07. The van der Waals surface area contributed by atoms with Gasteiger partial charge in [-0.1, -0.05) is 6.92 Å². The third-order valence-electron chi connectivity index (χ3n) is 5.41. The average molecular weight is 268 g/mol. The van der Waals surface area contributed by atoms with Gasteiger partial charge in [0.15, 0.2) is 12.6 Å². The molecule has 4 rings (SSSR count). The second kappa shape index (κ2) is 4.28. The molecule has 5 nitrogen and oxygen atoms in total. The lowest BCUT2D eigenvalue weighted by atomic mass is 9.53. The van der Waals surface area contributed by atoms with Crippen molar-refractivity contribution in [2.75, 3.05) is 7.11 Å². The fourth-order valence-electron chi connectivity index (χ4n) is 4.22. The number of methoxy groups -OCH3 is 1. The van der Waals surface area contributed by atoms with E-state index < -0.39 is 11.0 Å². The van der Waals surface area contributed by atoms with Crippen LogP contribution in [-0.4, -0.2) is 37.4 Å². The predicted octanol–water partition coefficient (Wildman–Crippen LogP) is 1.44. The van der Waals surface area contributed by atoms with Gasteiger partial charge in [-0.2, -0.15) is 0 Å². The smallest absolute Gasteiger partial charge is 0.305 e. The van der Waals surface area contributed by atoms with E-state index in [1.165, 1.54) is 7.11 Å². The molecule has 3 heterocycles. The summed E-state index contributed by atoms with van der Waals surface area (Å²) in [5.74, 6) is -0.138. The number of ether oxygens (including phenoxy) is 3. The first kappa shape index (κ1) is 13.1. The van der Waals surface area contributed by atoms with Crippen LogP contribution in [0.5, 0.6) is 0 Å². The highest BCUT2D eigenvalue weighted by Crippen LogP contribution is 2.61. The maximum absolute atomic E-state index is 11.7. The SMILES string of the molecule is COC(=O)C[C@H]1C[C@@H]2O[C@H]3CCC[C@@](C=O)(O2)[C@@]13C. The molecular formula is C14H20O5. The summed E-state index contributed by atoms with van der Waals surface area (Å²) < 4.78 is 16.6. The van der Waals surface area contributed by atoms with Gasteiger partial charge in [0.2, 0.25) is 0 Å². The molecule has 4 aliphatic rings. The van der Waals surface area contributed by atoms with Gasteiger partial charge in [-0.05, 0) is 25.2 Å². The van der Waals surface area contributed by atoms with Gasteiger partial charge in [0.05, 0.1) is 13.2 Å². The van der Waals surface area contributed by atoms with E-state index in [0.717, 1.165) is 25.5 Å². The molecule has 0 unspecified atom stereocenters. The minimum absolute atomic E-state index is 0.00797. The van der Waals surface area contributed by atoms with Crippen LogP contribution in [-0.2, 0) is 23.8 Å². The summed E-state index contributed by atoms with van der Waals surface area (Å²) in [7, 11) is 1.40. The zero-order valence-corrected chi connectivity index (χ0v) is 11.4. The molecular weight excluding hydrogens is 248 g/mol. The summed E-state index contributed by atoms with van der Waals surface area (Å²) in [5.41, 5.74) is -1.20. The largest absolute Gasteiger partial charge is 0.469 e. The summed E-state index contributed by atoms with van der Waals surface area (Å²) in [6.07, 6.45) is 4.18. The Labute approximate surface area is 112 Å². The first-order chi connectivity index (χ1) is 9.05. The standard InChI is InChI=1S/C14H20O5/c1-13-9(6-11(16)17-2)7-12-18-10(13)4-3-5-14(13,8-15)19-12/h8-10,12H,3-7H2,1-2H3/t9-,10-,12+,13-,14-/m0/s1. The minimum Gasteiger partial charge on any atom is -0.469 e. The van der Waals surface area contributed by atoms with Crippen LogP contribution in [0.2, 0.25) is 0 Å². The molecule has 0 N–H and O–H groups in total. The molecule has 19 heavy (non-hydrogen) atoms. The maximum Gasteiger partial charge on any atom is 0.305 e. The van der Waals surface area contributed by atoms with Crippen LogP contribution in [0, 0.1) is 11.3 Å². The highest BCUT2D eigenvalue weighted by molar-refractivity contribution is 5.71. The van der Waals surface area contributed by atoms with E-state index >= 15 is 0 Å². The molecule has 0 aromatic rings. The topological polar surface area (TPSA) is 61.8 Å². The molecule has 0 amide bonds. The van der Waals surface area contributed by atoms with Crippen molar-refractivity contribution in [1.29, 1.82) is 0 Å². The first-order valence-electron chi connectivity index (χ1n) is 6.92. The Kier molecular flexibility index (Phi) is 2.94. The molecule has 3 saturated heterocycles. The van der Waals surface area contributed by atoms with Gasteiger partial charge >= 0.3 is 5.97 Å². The van der Waals surface area contributed by atoms with Crippen LogP contribution in [0.15, 0.2) is 0 Å². The van der Waals surface area contributed by atoms with Crippen molar-refractivity contribution in [3.8, 4) is 0 Å². The molecule has 5 atom stereocenters. The van der Waals surface area contributed by atoms with E-state index in [0.29, 0.717) is 12.8 Å². The Morgan fingerprint density at radius 2 is 2.32 bits per heavy atom. The van der Waals surface area contributed by atoms with Crippen molar-refractivity contribution in [1.82, 2.24) is 0 Å². The van der Waals surface area contributed by atoms with Crippen LogP contribution < -0.4 is 0 Å². The van der Waals surface area contributed by atoms with Crippen molar-refractivity contribution in [2.45, 2.75) is 57.0 Å². The van der Waals surface area contributed by atoms with E-state index in [4.69, 9.17) is 14.2 Å². The zero-order chi connectivity index (χ0) is 13.7. The van der Waals surface area contributed by atoms with E-state index in [2.05, 4.69) is 0 Å². The monoisotopic (exact) mass is 268 g/mol. The molecule has 0 aromatic heterocycles. The highest BCUT2D eigenvalue weighted by atomic mass is 16.7. The number of esters is 1. The van der Waals surface area contributed by atoms with E-state index in [1.807, 2.05) is 6.92 Å². The normalized spacial score (nSPS) is 47.8. The van der Waals surface area contributed by atoms with E-state index in [1.54, 1.807) is 0 Å². The molecule has 4 bridgehead atoms. The molecule has 3 aliphatic heterocycles. The molecule has 1 saturated carbocycles. The van der Waals surface area contributed by atoms with Crippen LogP contribution >= 0.6 is 0 Å².